The highest BCUT2D eigenvalue weighted by molar-refractivity contribution is 6.31. The number of nitrogens with zero attached hydrogens (tertiary/aromatic N) is 1. The topological polar surface area (TPSA) is 89.2 Å². The summed E-state index contributed by atoms with van der Waals surface area (Å²) in [6.45, 7) is 2.48. The molecule has 1 aliphatic rings. The van der Waals surface area contributed by atoms with Crippen molar-refractivity contribution in [3.05, 3.63) is 70.1 Å². The molecule has 34 heavy (non-hydrogen) atoms. The second kappa shape index (κ2) is 9.81. The lowest BCUT2D eigenvalue weighted by atomic mass is 9.94. The van der Waals surface area contributed by atoms with Crippen LogP contribution in [0.3, 0.4) is 0 Å². The summed E-state index contributed by atoms with van der Waals surface area (Å²) in [5.74, 6) is -0.689. The first-order chi connectivity index (χ1) is 16.4. The second-order valence-electron chi connectivity index (χ2n) is 8.11. The molecule has 4 rings (SSSR count). The van der Waals surface area contributed by atoms with Crippen LogP contribution in [-0.4, -0.2) is 42.5 Å². The smallest absolute Gasteiger partial charge is 0.290 e. The number of unbranched alkanes of at least 4 members (excludes halogenated alkanes) is 2. The van der Waals surface area contributed by atoms with Crippen molar-refractivity contribution < 1.29 is 28.6 Å². The van der Waals surface area contributed by atoms with Gasteiger partial charge in [-0.25, -0.2) is 0 Å². The number of ether oxygens (including phenoxy) is 2. The Hall–Kier alpha value is -3.45. The van der Waals surface area contributed by atoms with E-state index in [9.17, 15) is 14.7 Å². The van der Waals surface area contributed by atoms with E-state index in [1.807, 2.05) is 0 Å². The molecule has 2 heterocycles. The molecule has 0 fully saturated rings. The van der Waals surface area contributed by atoms with Crippen molar-refractivity contribution in [1.82, 2.24) is 4.90 Å². The summed E-state index contributed by atoms with van der Waals surface area (Å²) in [4.78, 5) is 28.2. The van der Waals surface area contributed by atoms with E-state index in [0.717, 1.165) is 19.3 Å². The molecule has 1 amide bonds. The van der Waals surface area contributed by atoms with Crippen molar-refractivity contribution in [3.8, 4) is 11.5 Å². The molecule has 1 N–H and O–H groups in total. The lowest BCUT2D eigenvalue weighted by Gasteiger charge is -2.26. The van der Waals surface area contributed by atoms with Gasteiger partial charge in [0, 0.05) is 23.0 Å². The number of fused-ring (bicyclic) bond motifs is 1. The van der Waals surface area contributed by atoms with Crippen LogP contribution in [-0.2, 0) is 4.79 Å². The monoisotopic (exact) mass is 483 g/mol. The number of furan rings is 1. The number of ketones is 1. The van der Waals surface area contributed by atoms with E-state index in [4.69, 9.17) is 25.5 Å². The molecule has 178 valence electrons. The van der Waals surface area contributed by atoms with Crippen LogP contribution in [0.15, 0.2) is 58.2 Å². The van der Waals surface area contributed by atoms with Crippen LogP contribution in [0.4, 0.5) is 0 Å². The minimum atomic E-state index is -0.749. The van der Waals surface area contributed by atoms with Crippen molar-refractivity contribution in [2.75, 3.05) is 20.8 Å². The average Bonchev–Trinajstić information content (AvgIpc) is 3.38. The molecule has 8 heteroatoms. The Kier molecular flexibility index (Phi) is 6.84. The minimum Gasteiger partial charge on any atom is -0.503 e. The van der Waals surface area contributed by atoms with E-state index in [0.29, 0.717) is 39.6 Å². The van der Waals surface area contributed by atoms with Crippen LogP contribution in [0.1, 0.15) is 48.3 Å². The fraction of sp³-hybridized carbons (Fsp3) is 0.308. The molecule has 1 aliphatic heterocycles. The number of hydrogen-bond donors (Lipinski definition) is 1. The molecule has 1 aromatic heterocycles. The number of benzene rings is 2. The van der Waals surface area contributed by atoms with Crippen LogP contribution >= 0.6 is 11.6 Å². The number of carbonyl (C=O) groups is 2. The Balaban J connectivity index is 1.78. The molecule has 3 aromatic rings. The molecule has 0 saturated carbocycles. The molecule has 0 bridgehead atoms. The molecule has 7 nitrogen and oxygen atoms in total. The Morgan fingerprint density at radius 3 is 2.50 bits per heavy atom. The average molecular weight is 484 g/mol. The van der Waals surface area contributed by atoms with Crippen molar-refractivity contribution in [1.29, 1.82) is 0 Å². The quantitative estimate of drug-likeness (QED) is 0.302. The first-order valence-corrected chi connectivity index (χ1v) is 11.5. The Morgan fingerprint density at radius 1 is 1.12 bits per heavy atom. The zero-order chi connectivity index (χ0) is 24.4. The molecule has 0 radical (unpaired) electrons. The number of halogens is 1. The number of carbonyl (C=O) groups excluding carboxylic acids is 2. The Morgan fingerprint density at radius 2 is 1.85 bits per heavy atom. The number of hydrogen-bond acceptors (Lipinski definition) is 6. The third kappa shape index (κ3) is 4.23. The van der Waals surface area contributed by atoms with E-state index in [1.165, 1.54) is 7.11 Å². The highest BCUT2D eigenvalue weighted by atomic mass is 35.5. The summed E-state index contributed by atoms with van der Waals surface area (Å²) in [6, 6.07) is 11.1. The van der Waals surface area contributed by atoms with Gasteiger partial charge in [-0.1, -0.05) is 43.5 Å². The van der Waals surface area contributed by atoms with Crippen molar-refractivity contribution in [2.24, 2.45) is 0 Å². The van der Waals surface area contributed by atoms with E-state index in [2.05, 4.69) is 6.92 Å². The SMILES string of the molecule is CCCCCN1C(=O)C(O)=C(C(=O)c2cc3cc(Cl)cc(OC)c3o2)C1c1ccc(OC)cc1. The van der Waals surface area contributed by atoms with Gasteiger partial charge in [0.1, 0.15) is 5.75 Å². The first-order valence-electron chi connectivity index (χ1n) is 11.1. The molecule has 1 unspecified atom stereocenters. The minimum absolute atomic E-state index is 0.0150. The zero-order valence-electron chi connectivity index (χ0n) is 19.3. The van der Waals surface area contributed by atoms with Gasteiger partial charge in [0.05, 0.1) is 25.8 Å². The van der Waals surface area contributed by atoms with Gasteiger partial charge in [-0.15, -0.1) is 0 Å². The molecule has 2 aromatic carbocycles. The highest BCUT2D eigenvalue weighted by Crippen LogP contribution is 2.41. The van der Waals surface area contributed by atoms with Gasteiger partial charge in [0.15, 0.2) is 22.9 Å². The summed E-state index contributed by atoms with van der Waals surface area (Å²) in [7, 11) is 3.04. The van der Waals surface area contributed by atoms with Gasteiger partial charge < -0.3 is 23.9 Å². The summed E-state index contributed by atoms with van der Waals surface area (Å²) in [6.07, 6.45) is 2.65. The predicted molar refractivity (Wildman–Crippen MR) is 129 cm³/mol. The van der Waals surface area contributed by atoms with E-state index in [-0.39, 0.29) is 11.3 Å². The first kappa shape index (κ1) is 23.7. The fourth-order valence-electron chi connectivity index (χ4n) is 4.26. The van der Waals surface area contributed by atoms with Crippen LogP contribution < -0.4 is 9.47 Å². The number of aliphatic hydroxyl groups is 1. The lowest BCUT2D eigenvalue weighted by Crippen LogP contribution is -2.32. The van der Waals surface area contributed by atoms with Gasteiger partial charge in [-0.05, 0) is 36.2 Å². The van der Waals surface area contributed by atoms with Gasteiger partial charge in [0.25, 0.3) is 5.91 Å². The summed E-state index contributed by atoms with van der Waals surface area (Å²) in [5, 5.41) is 11.8. The molecule has 0 aliphatic carbocycles. The van der Waals surface area contributed by atoms with Crippen LogP contribution in [0.5, 0.6) is 11.5 Å². The number of Topliss-reactive ketones (excluding diaryl/α,β-unsaturated/α-hetero) is 1. The van der Waals surface area contributed by atoms with Gasteiger partial charge in [-0.3, -0.25) is 9.59 Å². The van der Waals surface area contributed by atoms with Gasteiger partial charge in [-0.2, -0.15) is 0 Å². The zero-order valence-corrected chi connectivity index (χ0v) is 20.0. The maximum atomic E-state index is 13.7. The molecule has 0 spiro atoms. The maximum absolute atomic E-state index is 13.7. The molecular formula is C26H26ClNO6. The van der Waals surface area contributed by atoms with E-state index < -0.39 is 23.5 Å². The van der Waals surface area contributed by atoms with Crippen molar-refractivity contribution in [3.63, 3.8) is 0 Å². The summed E-state index contributed by atoms with van der Waals surface area (Å²) in [5.41, 5.74) is 1.03. The predicted octanol–water partition coefficient (Wildman–Crippen LogP) is 5.87. The molecule has 1 atom stereocenters. The van der Waals surface area contributed by atoms with Crippen LogP contribution in [0.2, 0.25) is 5.02 Å². The summed E-state index contributed by atoms with van der Waals surface area (Å²) >= 11 is 6.15. The standard InChI is InChI=1S/C26H26ClNO6/c1-4-5-6-11-28-22(15-7-9-18(32-2)10-8-15)21(24(30)26(28)31)23(29)19-13-16-12-17(27)14-20(33-3)25(16)34-19/h7-10,12-14,22,30H,4-6,11H2,1-3H3. The summed E-state index contributed by atoms with van der Waals surface area (Å²) < 4.78 is 16.4. The number of amides is 1. The maximum Gasteiger partial charge on any atom is 0.290 e. The number of methoxy groups -OCH3 is 2. The lowest BCUT2D eigenvalue weighted by molar-refractivity contribution is -0.129. The number of aliphatic hydroxyl groups excluding tert-OH is 1. The Labute approximate surface area is 202 Å². The Bertz CT molecular complexity index is 1260. The second-order valence-corrected chi connectivity index (χ2v) is 8.55. The molecular weight excluding hydrogens is 458 g/mol. The van der Waals surface area contributed by atoms with E-state index >= 15 is 0 Å². The van der Waals surface area contributed by atoms with Gasteiger partial charge in [0.2, 0.25) is 5.78 Å². The van der Waals surface area contributed by atoms with Crippen molar-refractivity contribution in [2.45, 2.75) is 32.2 Å². The van der Waals surface area contributed by atoms with E-state index in [1.54, 1.807) is 54.5 Å². The normalized spacial score (nSPS) is 15.9. The third-order valence-electron chi connectivity index (χ3n) is 5.97. The highest BCUT2D eigenvalue weighted by Gasteiger charge is 2.44. The fourth-order valence-corrected chi connectivity index (χ4v) is 4.48. The van der Waals surface area contributed by atoms with Gasteiger partial charge >= 0.3 is 0 Å². The third-order valence-corrected chi connectivity index (χ3v) is 6.19. The van der Waals surface area contributed by atoms with Crippen molar-refractivity contribution >= 4 is 34.3 Å². The largest absolute Gasteiger partial charge is 0.503 e. The molecule has 0 saturated heterocycles. The van der Waals surface area contributed by atoms with Crippen LogP contribution in [0, 0.1) is 0 Å². The number of rotatable bonds is 9. The van der Waals surface area contributed by atoms with Crippen LogP contribution in [0.25, 0.3) is 11.0 Å².